The number of aromatic hydroxyl groups is 1. The van der Waals surface area contributed by atoms with Crippen LogP contribution in [0, 0.1) is 0 Å². The lowest BCUT2D eigenvalue weighted by Crippen LogP contribution is -2.29. The van der Waals surface area contributed by atoms with E-state index in [2.05, 4.69) is 15.9 Å². The third-order valence-corrected chi connectivity index (χ3v) is 3.49. The number of rotatable bonds is 4. The van der Waals surface area contributed by atoms with Crippen LogP contribution in [0.15, 0.2) is 18.2 Å². The Bertz CT molecular complexity index is 384. The van der Waals surface area contributed by atoms with E-state index in [1.54, 1.807) is 0 Å². The van der Waals surface area contributed by atoms with Crippen molar-refractivity contribution in [2.45, 2.75) is 32.4 Å². The monoisotopic (exact) mass is 248 g/mol. The fourth-order valence-electron chi connectivity index (χ4n) is 2.58. The number of hydrogen-bond donors (Lipinski definition) is 1. The maximum atomic E-state index is 9.85. The van der Waals surface area contributed by atoms with Gasteiger partial charge in [-0.2, -0.15) is 0 Å². The summed E-state index contributed by atoms with van der Waals surface area (Å²) in [6.07, 6.45) is 4.02. The van der Waals surface area contributed by atoms with Crippen molar-refractivity contribution in [1.82, 2.24) is 9.80 Å². The first kappa shape index (κ1) is 13.4. The minimum atomic E-state index is 0.408. The molecule has 0 saturated carbocycles. The highest BCUT2D eigenvalue weighted by Crippen LogP contribution is 2.21. The Hall–Kier alpha value is -1.06. The summed E-state index contributed by atoms with van der Waals surface area (Å²) < 4.78 is 0. The Kier molecular flexibility index (Phi) is 4.61. The van der Waals surface area contributed by atoms with E-state index in [4.69, 9.17) is 0 Å². The van der Waals surface area contributed by atoms with Crippen LogP contribution in [0.5, 0.6) is 5.75 Å². The number of benzene rings is 1. The number of phenolic OH excluding ortho intramolecular Hbond substituents is 1. The highest BCUT2D eigenvalue weighted by Gasteiger charge is 2.11. The predicted octanol–water partition coefficient (Wildman–Crippen LogP) is 2.44. The van der Waals surface area contributed by atoms with Crippen LogP contribution in [0.4, 0.5) is 0 Å². The summed E-state index contributed by atoms with van der Waals surface area (Å²) in [6.45, 7) is 4.23. The molecule has 0 aliphatic carbocycles. The van der Waals surface area contributed by atoms with Crippen LogP contribution in [-0.4, -0.2) is 42.1 Å². The first-order valence-corrected chi connectivity index (χ1v) is 6.83. The van der Waals surface area contributed by atoms with Gasteiger partial charge in [-0.25, -0.2) is 0 Å². The van der Waals surface area contributed by atoms with Crippen molar-refractivity contribution in [2.24, 2.45) is 0 Å². The minimum Gasteiger partial charge on any atom is -0.508 e. The molecular weight excluding hydrogens is 224 g/mol. The van der Waals surface area contributed by atoms with E-state index in [9.17, 15) is 5.11 Å². The summed E-state index contributed by atoms with van der Waals surface area (Å²) in [6, 6.07) is 6.02. The van der Waals surface area contributed by atoms with E-state index < -0.39 is 0 Å². The SMILES string of the molecule is CN(C)Cc1cc(CN2CCCCC2)ccc1O. The fourth-order valence-corrected chi connectivity index (χ4v) is 2.58. The van der Waals surface area contributed by atoms with E-state index >= 15 is 0 Å². The molecule has 3 nitrogen and oxygen atoms in total. The van der Waals surface area contributed by atoms with Crippen molar-refractivity contribution < 1.29 is 5.11 Å². The van der Waals surface area contributed by atoms with Gasteiger partial charge in [0.15, 0.2) is 0 Å². The van der Waals surface area contributed by atoms with Crippen LogP contribution in [-0.2, 0) is 13.1 Å². The lowest BCUT2D eigenvalue weighted by molar-refractivity contribution is 0.220. The molecule has 0 spiro atoms. The Morgan fingerprint density at radius 3 is 2.56 bits per heavy atom. The number of hydrogen-bond acceptors (Lipinski definition) is 3. The second-order valence-corrected chi connectivity index (χ2v) is 5.54. The van der Waals surface area contributed by atoms with Crippen molar-refractivity contribution in [1.29, 1.82) is 0 Å². The fraction of sp³-hybridized carbons (Fsp3) is 0.600. The highest BCUT2D eigenvalue weighted by atomic mass is 16.3. The van der Waals surface area contributed by atoms with E-state index in [-0.39, 0.29) is 0 Å². The van der Waals surface area contributed by atoms with Crippen LogP contribution in [0.3, 0.4) is 0 Å². The first-order valence-electron chi connectivity index (χ1n) is 6.83. The van der Waals surface area contributed by atoms with Gasteiger partial charge in [-0.1, -0.05) is 12.5 Å². The number of likely N-dealkylation sites (tertiary alicyclic amines) is 1. The maximum absolute atomic E-state index is 9.85. The third-order valence-electron chi connectivity index (χ3n) is 3.49. The lowest BCUT2D eigenvalue weighted by Gasteiger charge is -2.26. The average Bonchev–Trinajstić information content (AvgIpc) is 2.34. The number of nitrogens with zero attached hydrogens (tertiary/aromatic N) is 2. The van der Waals surface area contributed by atoms with Crippen LogP contribution in [0.1, 0.15) is 30.4 Å². The summed E-state index contributed by atoms with van der Waals surface area (Å²) in [5, 5.41) is 9.85. The highest BCUT2D eigenvalue weighted by molar-refractivity contribution is 5.36. The zero-order valence-corrected chi connectivity index (χ0v) is 11.5. The van der Waals surface area contributed by atoms with Crippen molar-refractivity contribution in [3.63, 3.8) is 0 Å². The van der Waals surface area contributed by atoms with Gasteiger partial charge in [-0.3, -0.25) is 4.90 Å². The third kappa shape index (κ3) is 3.72. The molecule has 0 amide bonds. The standard InChI is InChI=1S/C15H24N2O/c1-16(2)12-14-10-13(6-7-15(14)18)11-17-8-4-3-5-9-17/h6-7,10,18H,3-5,8-9,11-12H2,1-2H3. The van der Waals surface area contributed by atoms with E-state index in [1.807, 2.05) is 26.2 Å². The summed E-state index contributed by atoms with van der Waals surface area (Å²) in [5.41, 5.74) is 2.33. The molecule has 0 unspecified atom stereocenters. The summed E-state index contributed by atoms with van der Waals surface area (Å²) in [5.74, 6) is 0.408. The van der Waals surface area contributed by atoms with Gasteiger partial charge in [-0.05, 0) is 57.7 Å². The van der Waals surface area contributed by atoms with Gasteiger partial charge < -0.3 is 10.0 Å². The van der Waals surface area contributed by atoms with Crippen LogP contribution < -0.4 is 0 Å². The lowest BCUT2D eigenvalue weighted by atomic mass is 10.1. The molecule has 1 heterocycles. The van der Waals surface area contributed by atoms with Gasteiger partial charge >= 0.3 is 0 Å². The summed E-state index contributed by atoms with van der Waals surface area (Å²) >= 11 is 0. The normalized spacial score (nSPS) is 17.3. The number of phenols is 1. The minimum absolute atomic E-state index is 0.408. The second-order valence-electron chi connectivity index (χ2n) is 5.54. The molecule has 3 heteroatoms. The Labute approximate surface area is 110 Å². The average molecular weight is 248 g/mol. The zero-order chi connectivity index (χ0) is 13.0. The molecule has 1 aromatic rings. The molecule has 100 valence electrons. The van der Waals surface area contributed by atoms with Gasteiger partial charge in [0, 0.05) is 18.7 Å². The molecule has 0 bridgehead atoms. The van der Waals surface area contributed by atoms with Crippen molar-refractivity contribution in [3.05, 3.63) is 29.3 Å². The van der Waals surface area contributed by atoms with Crippen LogP contribution in [0.2, 0.25) is 0 Å². The van der Waals surface area contributed by atoms with Gasteiger partial charge in [-0.15, -0.1) is 0 Å². The van der Waals surface area contributed by atoms with E-state index in [1.165, 1.54) is 37.9 Å². The van der Waals surface area contributed by atoms with Gasteiger partial charge in [0.2, 0.25) is 0 Å². The zero-order valence-electron chi connectivity index (χ0n) is 11.5. The Balaban J connectivity index is 2.03. The Morgan fingerprint density at radius 1 is 1.17 bits per heavy atom. The van der Waals surface area contributed by atoms with Crippen LogP contribution >= 0.6 is 0 Å². The van der Waals surface area contributed by atoms with Gasteiger partial charge in [0.25, 0.3) is 0 Å². The molecule has 0 radical (unpaired) electrons. The van der Waals surface area contributed by atoms with Crippen molar-refractivity contribution in [3.8, 4) is 5.75 Å². The summed E-state index contributed by atoms with van der Waals surface area (Å²) in [7, 11) is 4.05. The van der Waals surface area contributed by atoms with E-state index in [0.29, 0.717) is 5.75 Å². The molecule has 1 aliphatic rings. The smallest absolute Gasteiger partial charge is 0.120 e. The Morgan fingerprint density at radius 2 is 1.89 bits per heavy atom. The molecule has 1 fully saturated rings. The second kappa shape index (κ2) is 6.21. The molecule has 0 atom stereocenters. The molecule has 1 aliphatic heterocycles. The van der Waals surface area contributed by atoms with Gasteiger partial charge in [0.1, 0.15) is 5.75 Å². The summed E-state index contributed by atoms with van der Waals surface area (Å²) in [4.78, 5) is 4.59. The maximum Gasteiger partial charge on any atom is 0.120 e. The molecule has 1 saturated heterocycles. The molecular formula is C15H24N2O. The van der Waals surface area contributed by atoms with Gasteiger partial charge in [0.05, 0.1) is 0 Å². The van der Waals surface area contributed by atoms with E-state index in [0.717, 1.165) is 18.7 Å². The predicted molar refractivity (Wildman–Crippen MR) is 74.6 cm³/mol. The topological polar surface area (TPSA) is 26.7 Å². The van der Waals surface area contributed by atoms with Crippen LogP contribution in [0.25, 0.3) is 0 Å². The first-order chi connectivity index (χ1) is 8.65. The molecule has 2 rings (SSSR count). The molecule has 1 N–H and O–H groups in total. The molecule has 1 aromatic carbocycles. The largest absolute Gasteiger partial charge is 0.508 e. The molecule has 18 heavy (non-hydrogen) atoms. The molecule has 0 aromatic heterocycles. The quantitative estimate of drug-likeness (QED) is 0.886. The van der Waals surface area contributed by atoms with Crippen molar-refractivity contribution >= 4 is 0 Å². The van der Waals surface area contributed by atoms with Crippen molar-refractivity contribution in [2.75, 3.05) is 27.2 Å². The number of piperidine rings is 1.